The lowest BCUT2D eigenvalue weighted by Gasteiger charge is -2.26. The van der Waals surface area contributed by atoms with Crippen LogP contribution in [0.2, 0.25) is 0 Å². The van der Waals surface area contributed by atoms with Gasteiger partial charge in [0.25, 0.3) is 5.91 Å². The lowest BCUT2D eigenvalue weighted by atomic mass is 10.1. The molecule has 2 fully saturated rings. The molecule has 2 saturated heterocycles. The molecule has 1 aromatic carbocycles. The van der Waals surface area contributed by atoms with Crippen molar-refractivity contribution >= 4 is 23.5 Å². The number of likely N-dealkylation sites (tertiary alicyclic amines) is 1. The molecule has 1 aromatic rings. The first-order valence-corrected chi connectivity index (χ1v) is 9.48. The molecule has 2 heterocycles. The number of carbonyl (C=O) groups is 3. The van der Waals surface area contributed by atoms with Gasteiger partial charge in [0.05, 0.1) is 0 Å². The highest BCUT2D eigenvalue weighted by Gasteiger charge is 2.44. The molecule has 0 N–H and O–H groups in total. The highest BCUT2D eigenvalue weighted by Crippen LogP contribution is 2.26. The van der Waals surface area contributed by atoms with Gasteiger partial charge < -0.3 is 4.90 Å². The van der Waals surface area contributed by atoms with Gasteiger partial charge in [-0.05, 0) is 38.8 Å². The molecule has 0 bridgehead atoms. The van der Waals surface area contributed by atoms with Crippen LogP contribution in [0, 0.1) is 6.92 Å². The third kappa shape index (κ3) is 3.74. The number of anilines is 1. The van der Waals surface area contributed by atoms with Gasteiger partial charge in [-0.15, -0.1) is 0 Å². The summed E-state index contributed by atoms with van der Waals surface area (Å²) in [6.45, 7) is 4.95. The van der Waals surface area contributed by atoms with E-state index in [4.69, 9.17) is 0 Å². The second-order valence-corrected chi connectivity index (χ2v) is 7.24. The molecule has 0 aromatic heterocycles. The number of nitrogens with zero attached hydrogens (tertiary/aromatic N) is 3. The van der Waals surface area contributed by atoms with Crippen LogP contribution >= 0.6 is 0 Å². The molecule has 140 valence electrons. The van der Waals surface area contributed by atoms with Crippen LogP contribution in [-0.4, -0.2) is 53.3 Å². The fourth-order valence-electron chi connectivity index (χ4n) is 3.64. The zero-order chi connectivity index (χ0) is 18.7. The summed E-state index contributed by atoms with van der Waals surface area (Å²) < 4.78 is 0. The van der Waals surface area contributed by atoms with Crippen molar-refractivity contribution in [1.82, 2.24) is 9.80 Å². The number of hydrogen-bond acceptors (Lipinski definition) is 3. The Morgan fingerprint density at radius 1 is 1.00 bits per heavy atom. The number of carbonyl (C=O) groups excluding carboxylic acids is 3. The van der Waals surface area contributed by atoms with Gasteiger partial charge in [-0.3, -0.25) is 19.4 Å². The van der Waals surface area contributed by atoms with E-state index >= 15 is 0 Å². The minimum atomic E-state index is -0.592. The van der Waals surface area contributed by atoms with E-state index in [9.17, 15) is 14.4 Å². The van der Waals surface area contributed by atoms with Crippen LogP contribution in [0.1, 0.15) is 44.6 Å². The Morgan fingerprint density at radius 3 is 2.19 bits per heavy atom. The second-order valence-electron chi connectivity index (χ2n) is 7.24. The molecule has 2 aliphatic rings. The Kier molecular flexibility index (Phi) is 5.59. The van der Waals surface area contributed by atoms with Crippen LogP contribution in [-0.2, 0) is 9.59 Å². The van der Waals surface area contributed by atoms with Gasteiger partial charge in [-0.1, -0.05) is 37.0 Å². The smallest absolute Gasteiger partial charge is 0.332 e. The van der Waals surface area contributed by atoms with E-state index in [1.165, 1.54) is 11.3 Å². The van der Waals surface area contributed by atoms with E-state index in [-0.39, 0.29) is 18.4 Å². The molecule has 0 radical (unpaired) electrons. The molecule has 26 heavy (non-hydrogen) atoms. The molecule has 0 spiro atoms. The largest absolute Gasteiger partial charge is 0.341 e. The molecule has 6 nitrogen and oxygen atoms in total. The van der Waals surface area contributed by atoms with Gasteiger partial charge in [0.15, 0.2) is 0 Å². The van der Waals surface area contributed by atoms with Crippen molar-refractivity contribution in [2.24, 2.45) is 0 Å². The zero-order valence-corrected chi connectivity index (χ0v) is 15.6. The molecule has 0 unspecified atom stereocenters. The van der Waals surface area contributed by atoms with Gasteiger partial charge in [0, 0.05) is 18.8 Å². The van der Waals surface area contributed by atoms with E-state index in [1.807, 2.05) is 31.2 Å². The SMILES string of the molecule is Cc1ccc(N2C(=O)N(CC(=O)N3CCCCCCC3)C(=O)[C@@H]2C)cc1. The van der Waals surface area contributed by atoms with Crippen molar-refractivity contribution < 1.29 is 14.4 Å². The van der Waals surface area contributed by atoms with Crippen LogP contribution in [0.15, 0.2) is 24.3 Å². The summed E-state index contributed by atoms with van der Waals surface area (Å²) in [7, 11) is 0. The molecular weight excluding hydrogens is 330 g/mol. The van der Waals surface area contributed by atoms with Gasteiger partial charge in [-0.25, -0.2) is 4.79 Å². The van der Waals surface area contributed by atoms with Gasteiger partial charge in [-0.2, -0.15) is 0 Å². The average molecular weight is 357 g/mol. The Bertz CT molecular complexity index is 678. The highest BCUT2D eigenvalue weighted by atomic mass is 16.2. The van der Waals surface area contributed by atoms with Crippen molar-refractivity contribution in [2.45, 2.75) is 52.0 Å². The number of amides is 4. The number of urea groups is 1. The van der Waals surface area contributed by atoms with Gasteiger partial charge in [0.1, 0.15) is 12.6 Å². The third-order valence-corrected chi connectivity index (χ3v) is 5.26. The monoisotopic (exact) mass is 357 g/mol. The Balaban J connectivity index is 1.71. The summed E-state index contributed by atoms with van der Waals surface area (Å²) in [5.41, 5.74) is 1.77. The second kappa shape index (κ2) is 7.89. The average Bonchev–Trinajstić information content (AvgIpc) is 2.79. The van der Waals surface area contributed by atoms with Crippen molar-refractivity contribution in [3.63, 3.8) is 0 Å². The number of benzene rings is 1. The van der Waals surface area contributed by atoms with E-state index in [2.05, 4.69) is 0 Å². The number of imide groups is 1. The maximum absolute atomic E-state index is 12.8. The minimum Gasteiger partial charge on any atom is -0.341 e. The summed E-state index contributed by atoms with van der Waals surface area (Å²) >= 11 is 0. The van der Waals surface area contributed by atoms with Crippen LogP contribution in [0.25, 0.3) is 0 Å². The maximum Gasteiger partial charge on any atom is 0.332 e. The number of hydrogen-bond donors (Lipinski definition) is 0. The van der Waals surface area contributed by atoms with Gasteiger partial charge >= 0.3 is 6.03 Å². The first-order chi connectivity index (χ1) is 12.5. The summed E-state index contributed by atoms with van der Waals surface area (Å²) in [6, 6.07) is 6.49. The molecule has 1 atom stereocenters. The standard InChI is InChI=1S/C20H27N3O3/c1-15-8-10-17(11-9-15)23-16(2)19(25)22(20(23)26)14-18(24)21-12-6-4-3-5-7-13-21/h8-11,16H,3-7,12-14H2,1-2H3/t16-/m0/s1. The fourth-order valence-corrected chi connectivity index (χ4v) is 3.64. The summed E-state index contributed by atoms with van der Waals surface area (Å²) in [4.78, 5) is 42.5. The molecule has 4 amide bonds. The first kappa shape index (κ1) is 18.4. The minimum absolute atomic E-state index is 0.133. The van der Waals surface area contributed by atoms with E-state index in [1.54, 1.807) is 11.8 Å². The van der Waals surface area contributed by atoms with Crippen molar-refractivity contribution in [1.29, 1.82) is 0 Å². The normalized spacial score (nSPS) is 21.8. The predicted molar refractivity (Wildman–Crippen MR) is 99.9 cm³/mol. The van der Waals surface area contributed by atoms with Crippen LogP contribution in [0.5, 0.6) is 0 Å². The van der Waals surface area contributed by atoms with Crippen molar-refractivity contribution in [3.05, 3.63) is 29.8 Å². The molecule has 6 heteroatoms. The summed E-state index contributed by atoms with van der Waals surface area (Å²) in [5, 5.41) is 0. The number of rotatable bonds is 3. The number of aryl methyl sites for hydroxylation is 1. The lowest BCUT2D eigenvalue weighted by Crippen LogP contribution is -2.44. The Hall–Kier alpha value is -2.37. The molecular formula is C20H27N3O3. The van der Waals surface area contributed by atoms with Gasteiger partial charge in [0.2, 0.25) is 5.91 Å². The summed E-state index contributed by atoms with van der Waals surface area (Å²) in [6.07, 6.45) is 5.44. The van der Waals surface area contributed by atoms with Crippen LogP contribution < -0.4 is 4.90 Å². The van der Waals surface area contributed by atoms with Crippen molar-refractivity contribution in [3.8, 4) is 0 Å². The molecule has 0 aliphatic carbocycles. The molecule has 0 saturated carbocycles. The molecule has 2 aliphatic heterocycles. The quantitative estimate of drug-likeness (QED) is 0.782. The first-order valence-electron chi connectivity index (χ1n) is 9.48. The lowest BCUT2D eigenvalue weighted by molar-refractivity contribution is -0.137. The maximum atomic E-state index is 12.8. The Labute approximate surface area is 154 Å². The van der Waals surface area contributed by atoms with Crippen LogP contribution in [0.3, 0.4) is 0 Å². The Morgan fingerprint density at radius 2 is 1.58 bits per heavy atom. The molecule has 3 rings (SSSR count). The highest BCUT2D eigenvalue weighted by molar-refractivity contribution is 6.15. The summed E-state index contributed by atoms with van der Waals surface area (Å²) in [5.74, 6) is -0.442. The zero-order valence-electron chi connectivity index (χ0n) is 15.6. The predicted octanol–water partition coefficient (Wildman–Crippen LogP) is 2.94. The van der Waals surface area contributed by atoms with E-state index in [0.29, 0.717) is 18.8 Å². The third-order valence-electron chi connectivity index (χ3n) is 5.26. The van der Waals surface area contributed by atoms with Crippen LogP contribution in [0.4, 0.5) is 10.5 Å². The van der Waals surface area contributed by atoms with E-state index in [0.717, 1.165) is 36.1 Å². The van der Waals surface area contributed by atoms with E-state index < -0.39 is 12.1 Å². The fraction of sp³-hybridized carbons (Fsp3) is 0.550. The topological polar surface area (TPSA) is 60.9 Å². The van der Waals surface area contributed by atoms with Crippen molar-refractivity contribution in [2.75, 3.05) is 24.5 Å².